The standard InChI is InChI=1S/C14H11ClFNO/c1-8-4-9(2-3-13(8)16)14(18)10-5-11(15)7-12(17)6-10/h2-7H,17H2,1H3. The van der Waals surface area contributed by atoms with Gasteiger partial charge in [0.15, 0.2) is 5.78 Å². The number of hydrogen-bond acceptors (Lipinski definition) is 2. The molecule has 2 N–H and O–H groups in total. The Morgan fingerprint density at radius 2 is 1.89 bits per heavy atom. The van der Waals surface area contributed by atoms with Crippen molar-refractivity contribution in [2.75, 3.05) is 5.73 Å². The molecule has 0 aliphatic rings. The highest BCUT2D eigenvalue weighted by Crippen LogP contribution is 2.20. The van der Waals surface area contributed by atoms with E-state index in [0.29, 0.717) is 27.4 Å². The van der Waals surface area contributed by atoms with Crippen LogP contribution in [0.5, 0.6) is 0 Å². The largest absolute Gasteiger partial charge is 0.399 e. The highest BCUT2D eigenvalue weighted by atomic mass is 35.5. The lowest BCUT2D eigenvalue weighted by Crippen LogP contribution is -2.03. The molecule has 2 nitrogen and oxygen atoms in total. The van der Waals surface area contributed by atoms with Crippen LogP contribution in [0.15, 0.2) is 36.4 Å². The lowest BCUT2D eigenvalue weighted by atomic mass is 10.0. The van der Waals surface area contributed by atoms with Gasteiger partial charge in [-0.05, 0) is 48.9 Å². The van der Waals surface area contributed by atoms with Crippen LogP contribution in [0.3, 0.4) is 0 Å². The van der Waals surface area contributed by atoms with E-state index in [4.69, 9.17) is 17.3 Å². The SMILES string of the molecule is Cc1cc(C(=O)c2cc(N)cc(Cl)c2)ccc1F. The van der Waals surface area contributed by atoms with Gasteiger partial charge >= 0.3 is 0 Å². The van der Waals surface area contributed by atoms with Crippen molar-refractivity contribution in [2.45, 2.75) is 6.92 Å². The van der Waals surface area contributed by atoms with Crippen molar-refractivity contribution in [3.8, 4) is 0 Å². The van der Waals surface area contributed by atoms with Crippen LogP contribution in [-0.2, 0) is 0 Å². The first-order chi connectivity index (χ1) is 8.47. The Bertz CT molecular complexity index is 605. The number of halogens is 2. The number of ketones is 1. The monoisotopic (exact) mass is 263 g/mol. The number of aryl methyl sites for hydroxylation is 1. The first-order valence-electron chi connectivity index (χ1n) is 5.34. The zero-order chi connectivity index (χ0) is 13.3. The van der Waals surface area contributed by atoms with Crippen LogP contribution < -0.4 is 5.73 Å². The maximum atomic E-state index is 13.1. The molecular formula is C14H11ClFNO. The number of carbonyl (C=O) groups is 1. The molecule has 18 heavy (non-hydrogen) atoms. The average Bonchev–Trinajstić information content (AvgIpc) is 2.30. The molecule has 0 unspecified atom stereocenters. The summed E-state index contributed by atoms with van der Waals surface area (Å²) in [7, 11) is 0. The van der Waals surface area contributed by atoms with Crippen molar-refractivity contribution < 1.29 is 9.18 Å². The maximum absolute atomic E-state index is 13.1. The summed E-state index contributed by atoms with van der Waals surface area (Å²) in [5.41, 5.74) is 7.29. The summed E-state index contributed by atoms with van der Waals surface area (Å²) in [6, 6.07) is 8.88. The number of rotatable bonds is 2. The van der Waals surface area contributed by atoms with Crippen LogP contribution in [0.2, 0.25) is 5.02 Å². The zero-order valence-electron chi connectivity index (χ0n) is 9.71. The van der Waals surface area contributed by atoms with E-state index in [-0.39, 0.29) is 11.6 Å². The minimum absolute atomic E-state index is 0.229. The molecule has 0 aliphatic heterocycles. The Morgan fingerprint density at radius 1 is 1.17 bits per heavy atom. The summed E-state index contributed by atoms with van der Waals surface area (Å²) in [4.78, 5) is 12.2. The van der Waals surface area contributed by atoms with E-state index in [2.05, 4.69) is 0 Å². The second kappa shape index (κ2) is 4.78. The number of hydrogen-bond donors (Lipinski definition) is 1. The molecule has 2 rings (SSSR count). The Morgan fingerprint density at radius 3 is 2.50 bits per heavy atom. The van der Waals surface area contributed by atoms with Crippen molar-refractivity contribution in [1.82, 2.24) is 0 Å². The van der Waals surface area contributed by atoms with Crippen molar-refractivity contribution >= 4 is 23.1 Å². The number of anilines is 1. The second-order valence-electron chi connectivity index (χ2n) is 4.07. The highest BCUT2D eigenvalue weighted by Gasteiger charge is 2.11. The molecule has 0 saturated carbocycles. The summed E-state index contributed by atoms with van der Waals surface area (Å²) < 4.78 is 13.1. The first-order valence-corrected chi connectivity index (χ1v) is 5.72. The van der Waals surface area contributed by atoms with Crippen LogP contribution in [-0.4, -0.2) is 5.78 Å². The van der Waals surface area contributed by atoms with E-state index in [9.17, 15) is 9.18 Å². The third-order valence-electron chi connectivity index (χ3n) is 2.60. The number of benzene rings is 2. The molecule has 0 aromatic heterocycles. The van der Waals surface area contributed by atoms with Gasteiger partial charge in [-0.15, -0.1) is 0 Å². The summed E-state index contributed by atoms with van der Waals surface area (Å²) >= 11 is 5.85. The zero-order valence-corrected chi connectivity index (χ0v) is 10.5. The van der Waals surface area contributed by atoms with Crippen molar-refractivity contribution in [3.63, 3.8) is 0 Å². The maximum Gasteiger partial charge on any atom is 0.193 e. The summed E-state index contributed by atoms with van der Waals surface area (Å²) in [5.74, 6) is -0.565. The van der Waals surface area contributed by atoms with Crippen molar-refractivity contribution in [3.05, 3.63) is 63.9 Å². The lowest BCUT2D eigenvalue weighted by molar-refractivity contribution is 0.103. The van der Waals surface area contributed by atoms with Gasteiger partial charge in [0.25, 0.3) is 0 Å². The third kappa shape index (κ3) is 2.51. The molecule has 0 bridgehead atoms. The molecule has 0 amide bonds. The quantitative estimate of drug-likeness (QED) is 0.664. The van der Waals surface area contributed by atoms with E-state index in [1.165, 1.54) is 18.2 Å². The fourth-order valence-corrected chi connectivity index (χ4v) is 1.94. The van der Waals surface area contributed by atoms with Gasteiger partial charge in [-0.3, -0.25) is 4.79 Å². The molecule has 0 radical (unpaired) electrons. The molecule has 0 aliphatic carbocycles. The van der Waals surface area contributed by atoms with E-state index in [1.807, 2.05) is 0 Å². The van der Waals surface area contributed by atoms with Crippen molar-refractivity contribution in [1.29, 1.82) is 0 Å². The predicted octanol–water partition coefficient (Wildman–Crippen LogP) is 3.60. The molecule has 2 aromatic carbocycles. The van der Waals surface area contributed by atoms with Gasteiger partial charge in [0, 0.05) is 21.8 Å². The van der Waals surface area contributed by atoms with Gasteiger partial charge in [0.05, 0.1) is 0 Å². The van der Waals surface area contributed by atoms with Gasteiger partial charge < -0.3 is 5.73 Å². The third-order valence-corrected chi connectivity index (χ3v) is 2.82. The molecule has 2 aromatic rings. The number of nitrogen functional groups attached to an aromatic ring is 1. The second-order valence-corrected chi connectivity index (χ2v) is 4.50. The van der Waals surface area contributed by atoms with E-state index in [1.54, 1.807) is 25.1 Å². The highest BCUT2D eigenvalue weighted by molar-refractivity contribution is 6.31. The van der Waals surface area contributed by atoms with Crippen LogP contribution in [0.1, 0.15) is 21.5 Å². The Kier molecular flexibility index (Phi) is 3.34. The molecule has 4 heteroatoms. The van der Waals surface area contributed by atoms with Crippen molar-refractivity contribution in [2.24, 2.45) is 0 Å². The number of nitrogens with two attached hydrogens (primary N) is 1. The summed E-state index contributed by atoms with van der Waals surface area (Å²) in [5, 5.41) is 0.400. The predicted molar refractivity (Wildman–Crippen MR) is 70.4 cm³/mol. The van der Waals surface area contributed by atoms with E-state index < -0.39 is 0 Å². The van der Waals surface area contributed by atoms with Gasteiger partial charge in [-0.25, -0.2) is 4.39 Å². The van der Waals surface area contributed by atoms with E-state index in [0.717, 1.165) is 0 Å². The van der Waals surface area contributed by atoms with Crippen LogP contribution in [0.25, 0.3) is 0 Å². The molecule has 0 atom stereocenters. The molecule has 0 saturated heterocycles. The molecular weight excluding hydrogens is 253 g/mol. The van der Waals surface area contributed by atoms with Crippen LogP contribution in [0.4, 0.5) is 10.1 Å². The Labute approximate surface area is 109 Å². The summed E-state index contributed by atoms with van der Waals surface area (Å²) in [6.45, 7) is 1.61. The minimum atomic E-state index is -0.336. The van der Waals surface area contributed by atoms with Gasteiger partial charge in [0.2, 0.25) is 0 Å². The normalized spacial score (nSPS) is 10.4. The van der Waals surface area contributed by atoms with Gasteiger partial charge in [0.1, 0.15) is 5.82 Å². The molecule has 0 spiro atoms. The van der Waals surface area contributed by atoms with Crippen LogP contribution >= 0.6 is 11.6 Å². The molecule has 0 heterocycles. The van der Waals surface area contributed by atoms with E-state index >= 15 is 0 Å². The topological polar surface area (TPSA) is 43.1 Å². The van der Waals surface area contributed by atoms with Gasteiger partial charge in [-0.1, -0.05) is 11.6 Å². The molecule has 92 valence electrons. The lowest BCUT2D eigenvalue weighted by Gasteiger charge is -2.05. The minimum Gasteiger partial charge on any atom is -0.399 e. The van der Waals surface area contributed by atoms with Gasteiger partial charge in [-0.2, -0.15) is 0 Å². The first kappa shape index (κ1) is 12.6. The summed E-state index contributed by atoms with van der Waals surface area (Å²) in [6.07, 6.45) is 0. The Hall–Kier alpha value is -1.87. The number of carbonyl (C=O) groups excluding carboxylic acids is 1. The fourth-order valence-electron chi connectivity index (χ4n) is 1.70. The fraction of sp³-hybridized carbons (Fsp3) is 0.0714. The molecule has 0 fully saturated rings. The smallest absolute Gasteiger partial charge is 0.193 e. The Balaban J connectivity index is 2.44. The average molecular weight is 264 g/mol. The van der Waals surface area contributed by atoms with Crippen LogP contribution in [0, 0.1) is 12.7 Å².